The van der Waals surface area contributed by atoms with E-state index in [4.69, 9.17) is 9.47 Å². The normalized spacial score (nSPS) is 11.1. The summed E-state index contributed by atoms with van der Waals surface area (Å²) in [5.74, 6) is 3.07. The molecule has 1 N–H and O–H groups in total. The molecule has 0 saturated carbocycles. The Morgan fingerprint density at radius 1 is 1.03 bits per heavy atom. The van der Waals surface area contributed by atoms with Crippen molar-refractivity contribution in [3.05, 3.63) is 49.1 Å². The lowest BCUT2D eigenvalue weighted by atomic mass is 10.2. The maximum atomic E-state index is 5.93. The minimum absolute atomic E-state index is 0.175. The van der Waals surface area contributed by atoms with Crippen LogP contribution in [-0.4, -0.2) is 36.6 Å². The summed E-state index contributed by atoms with van der Waals surface area (Å²) in [7, 11) is 0. The van der Waals surface area contributed by atoms with Crippen molar-refractivity contribution in [2.24, 2.45) is 0 Å². The predicted octanol–water partition coefficient (Wildman–Crippen LogP) is 4.91. The maximum absolute atomic E-state index is 5.93. The number of ether oxygens (including phenoxy) is 2. The van der Waals surface area contributed by atoms with Gasteiger partial charge in [-0.05, 0) is 44.5 Å². The molecular formula is C22H25N7O2. The number of unbranched alkanes of at least 4 members (excludes halogenated alkanes) is 1. The third-order valence-corrected chi connectivity index (χ3v) is 4.52. The minimum atomic E-state index is 0.175. The van der Waals surface area contributed by atoms with Crippen LogP contribution in [-0.2, 0) is 0 Å². The highest BCUT2D eigenvalue weighted by Gasteiger charge is 2.10. The number of benzene rings is 1. The van der Waals surface area contributed by atoms with Crippen LogP contribution in [0.2, 0.25) is 0 Å². The number of pyridine rings is 1. The summed E-state index contributed by atoms with van der Waals surface area (Å²) in [6, 6.07) is 9.42. The third kappa shape index (κ3) is 5.06. The van der Waals surface area contributed by atoms with E-state index in [1.165, 1.54) is 6.33 Å². The highest BCUT2D eigenvalue weighted by atomic mass is 16.5. The first-order valence-corrected chi connectivity index (χ1v) is 10.3. The van der Waals surface area contributed by atoms with Gasteiger partial charge in [-0.15, -0.1) is 5.10 Å². The molecule has 0 spiro atoms. The van der Waals surface area contributed by atoms with Crippen LogP contribution in [0.15, 0.2) is 49.1 Å². The van der Waals surface area contributed by atoms with Crippen molar-refractivity contribution >= 4 is 22.5 Å². The van der Waals surface area contributed by atoms with Crippen molar-refractivity contribution < 1.29 is 9.47 Å². The van der Waals surface area contributed by atoms with Gasteiger partial charge in [-0.25, -0.2) is 15.0 Å². The number of anilines is 2. The van der Waals surface area contributed by atoms with E-state index in [0.717, 1.165) is 29.5 Å². The van der Waals surface area contributed by atoms with E-state index in [1.807, 2.05) is 38.1 Å². The number of aromatic nitrogens is 6. The number of fused-ring (bicyclic) bond motifs is 1. The maximum Gasteiger partial charge on any atom is 0.219 e. The van der Waals surface area contributed by atoms with Crippen molar-refractivity contribution in [3.8, 4) is 17.4 Å². The van der Waals surface area contributed by atoms with Gasteiger partial charge in [0.15, 0.2) is 5.82 Å². The van der Waals surface area contributed by atoms with Crippen LogP contribution >= 0.6 is 0 Å². The van der Waals surface area contributed by atoms with Crippen LogP contribution in [0.5, 0.6) is 17.4 Å². The highest BCUT2D eigenvalue weighted by Crippen LogP contribution is 2.29. The first-order valence-electron chi connectivity index (χ1n) is 10.3. The highest BCUT2D eigenvalue weighted by molar-refractivity contribution is 5.91. The number of hydrogen-bond acceptors (Lipinski definition) is 8. The molecule has 9 heteroatoms. The molecule has 3 aromatic heterocycles. The van der Waals surface area contributed by atoms with E-state index in [9.17, 15) is 0 Å². The molecule has 4 rings (SSSR count). The van der Waals surface area contributed by atoms with Crippen LogP contribution in [0.25, 0.3) is 10.9 Å². The van der Waals surface area contributed by atoms with Gasteiger partial charge >= 0.3 is 0 Å². The number of rotatable bonds is 9. The van der Waals surface area contributed by atoms with Crippen molar-refractivity contribution in [3.63, 3.8) is 0 Å². The topological polar surface area (TPSA) is 99.9 Å². The lowest BCUT2D eigenvalue weighted by molar-refractivity contribution is 0.307. The molecule has 0 saturated heterocycles. The monoisotopic (exact) mass is 419 g/mol. The molecule has 0 bridgehead atoms. The molecule has 0 unspecified atom stereocenters. The first kappa shape index (κ1) is 20.5. The van der Waals surface area contributed by atoms with E-state index in [1.54, 1.807) is 23.3 Å². The van der Waals surface area contributed by atoms with Gasteiger partial charge in [0.2, 0.25) is 5.88 Å². The van der Waals surface area contributed by atoms with Crippen LogP contribution in [0.4, 0.5) is 11.6 Å². The number of nitrogens with zero attached hydrogens (tertiary/aromatic N) is 6. The number of hydrogen-bond donors (Lipinski definition) is 1. The van der Waals surface area contributed by atoms with E-state index in [-0.39, 0.29) is 6.04 Å². The van der Waals surface area contributed by atoms with Gasteiger partial charge in [-0.2, -0.15) is 9.90 Å². The summed E-state index contributed by atoms with van der Waals surface area (Å²) < 4.78 is 11.6. The Balaban J connectivity index is 1.52. The third-order valence-electron chi connectivity index (χ3n) is 4.52. The van der Waals surface area contributed by atoms with Gasteiger partial charge in [0.25, 0.3) is 0 Å². The average molecular weight is 419 g/mol. The predicted molar refractivity (Wildman–Crippen MR) is 118 cm³/mol. The molecule has 9 nitrogen and oxygen atoms in total. The molecule has 31 heavy (non-hydrogen) atoms. The van der Waals surface area contributed by atoms with Crippen LogP contribution in [0.3, 0.4) is 0 Å². The molecule has 0 aliphatic heterocycles. The Morgan fingerprint density at radius 2 is 1.90 bits per heavy atom. The lowest BCUT2D eigenvalue weighted by Gasteiger charge is -2.09. The van der Waals surface area contributed by atoms with E-state index in [0.29, 0.717) is 29.9 Å². The quantitative estimate of drug-likeness (QED) is 0.382. The summed E-state index contributed by atoms with van der Waals surface area (Å²) in [4.78, 5) is 14.7. The van der Waals surface area contributed by atoms with Gasteiger partial charge in [0.05, 0.1) is 30.6 Å². The fourth-order valence-electron chi connectivity index (χ4n) is 2.87. The Hall–Kier alpha value is -3.75. The van der Waals surface area contributed by atoms with Gasteiger partial charge in [0.1, 0.15) is 23.6 Å². The lowest BCUT2D eigenvalue weighted by Crippen LogP contribution is -2.05. The standard InChI is InChI=1S/C22H25N7O2/c1-4-5-10-30-17-7-9-21(23-12-17)31-16-6-8-19-18(11-16)22(25-14-24-19)27-20-13-26-29(28-20)15(2)3/h6-9,11-15H,4-5,10H2,1-3H3,(H,24,25,27,28). The zero-order chi connectivity index (χ0) is 21.6. The zero-order valence-corrected chi connectivity index (χ0v) is 17.8. The average Bonchev–Trinajstić information content (AvgIpc) is 3.25. The van der Waals surface area contributed by atoms with Crippen molar-refractivity contribution in [1.29, 1.82) is 0 Å². The second-order valence-corrected chi connectivity index (χ2v) is 7.31. The molecule has 160 valence electrons. The van der Waals surface area contributed by atoms with E-state index in [2.05, 4.69) is 37.4 Å². The molecule has 0 radical (unpaired) electrons. The summed E-state index contributed by atoms with van der Waals surface area (Å²) in [6.07, 6.45) is 6.95. The van der Waals surface area contributed by atoms with Crippen LogP contribution in [0.1, 0.15) is 39.7 Å². The Labute approximate surface area is 180 Å². The second-order valence-electron chi connectivity index (χ2n) is 7.31. The van der Waals surface area contributed by atoms with Crippen LogP contribution < -0.4 is 14.8 Å². The molecule has 3 heterocycles. The van der Waals surface area contributed by atoms with E-state index >= 15 is 0 Å². The molecule has 0 aliphatic rings. The summed E-state index contributed by atoms with van der Waals surface area (Å²) >= 11 is 0. The van der Waals surface area contributed by atoms with Crippen molar-refractivity contribution in [2.45, 2.75) is 39.7 Å². The molecule has 0 amide bonds. The Kier molecular flexibility index (Phi) is 6.21. The Morgan fingerprint density at radius 3 is 2.65 bits per heavy atom. The van der Waals surface area contributed by atoms with Gasteiger partial charge in [-0.1, -0.05) is 13.3 Å². The summed E-state index contributed by atoms with van der Waals surface area (Å²) in [5, 5.41) is 12.7. The number of nitrogens with one attached hydrogen (secondary N) is 1. The molecule has 0 aliphatic carbocycles. The minimum Gasteiger partial charge on any atom is -0.492 e. The first-order chi connectivity index (χ1) is 15.1. The molecule has 4 aromatic rings. The molecule has 0 fully saturated rings. The zero-order valence-electron chi connectivity index (χ0n) is 17.8. The molecule has 0 atom stereocenters. The van der Waals surface area contributed by atoms with Crippen molar-refractivity contribution in [2.75, 3.05) is 11.9 Å². The molecule has 1 aromatic carbocycles. The second kappa shape index (κ2) is 9.38. The summed E-state index contributed by atoms with van der Waals surface area (Å²) in [5.41, 5.74) is 0.786. The summed E-state index contributed by atoms with van der Waals surface area (Å²) in [6.45, 7) is 6.85. The Bertz CT molecular complexity index is 1140. The van der Waals surface area contributed by atoms with Gasteiger partial charge in [-0.3, -0.25) is 0 Å². The fourth-order valence-corrected chi connectivity index (χ4v) is 2.87. The SMILES string of the molecule is CCCCOc1ccc(Oc2ccc3ncnc(Nc4cnn(C(C)C)n4)c3c2)nc1. The van der Waals surface area contributed by atoms with E-state index < -0.39 is 0 Å². The molecular weight excluding hydrogens is 394 g/mol. The van der Waals surface area contributed by atoms with Crippen molar-refractivity contribution in [1.82, 2.24) is 29.9 Å². The fraction of sp³-hybridized carbons (Fsp3) is 0.318. The largest absolute Gasteiger partial charge is 0.492 e. The van der Waals surface area contributed by atoms with Gasteiger partial charge < -0.3 is 14.8 Å². The van der Waals surface area contributed by atoms with Crippen LogP contribution in [0, 0.1) is 0 Å². The van der Waals surface area contributed by atoms with Gasteiger partial charge in [0, 0.05) is 11.5 Å². The smallest absolute Gasteiger partial charge is 0.219 e.